The van der Waals surface area contributed by atoms with Crippen molar-refractivity contribution in [3.63, 3.8) is 0 Å². The molecule has 0 aliphatic rings. The van der Waals surface area contributed by atoms with E-state index in [-0.39, 0.29) is 17.1 Å². The SMILES string of the molecule is COc1ccc(CC(=O)NC(NC(=S)Nc2ccc(C(=O)O)cc2)C(Cl)(Cl)Cl)c(OC)c1. The van der Waals surface area contributed by atoms with Gasteiger partial charge in [-0.3, -0.25) is 4.79 Å². The Morgan fingerprint density at radius 2 is 1.72 bits per heavy atom. The lowest BCUT2D eigenvalue weighted by Gasteiger charge is -2.28. The first-order chi connectivity index (χ1) is 15.0. The number of benzene rings is 2. The second kappa shape index (κ2) is 11.4. The van der Waals surface area contributed by atoms with Gasteiger partial charge in [0.25, 0.3) is 0 Å². The average Bonchev–Trinajstić information content (AvgIpc) is 2.73. The van der Waals surface area contributed by atoms with Crippen molar-refractivity contribution >= 4 is 69.7 Å². The maximum absolute atomic E-state index is 12.6. The number of carbonyl (C=O) groups is 2. The van der Waals surface area contributed by atoms with Gasteiger partial charge in [-0.2, -0.15) is 0 Å². The molecule has 0 spiro atoms. The molecule has 0 saturated heterocycles. The van der Waals surface area contributed by atoms with E-state index in [4.69, 9.17) is 61.6 Å². The highest BCUT2D eigenvalue weighted by Crippen LogP contribution is 2.30. The van der Waals surface area contributed by atoms with Crippen LogP contribution < -0.4 is 25.4 Å². The summed E-state index contributed by atoms with van der Waals surface area (Å²) in [5.74, 6) is -0.449. The Labute approximate surface area is 205 Å². The quantitative estimate of drug-likeness (QED) is 0.237. The summed E-state index contributed by atoms with van der Waals surface area (Å²) in [5, 5.41) is 17.2. The number of hydrogen-bond donors (Lipinski definition) is 4. The fourth-order valence-electron chi connectivity index (χ4n) is 2.58. The normalized spacial score (nSPS) is 11.8. The van der Waals surface area contributed by atoms with Crippen LogP contribution in [0.1, 0.15) is 15.9 Å². The number of anilines is 1. The van der Waals surface area contributed by atoms with E-state index in [0.29, 0.717) is 22.7 Å². The van der Waals surface area contributed by atoms with Crippen molar-refractivity contribution in [1.82, 2.24) is 10.6 Å². The van der Waals surface area contributed by atoms with Gasteiger partial charge in [-0.05, 0) is 42.5 Å². The fraction of sp³-hybridized carbons (Fsp3) is 0.250. The third-order valence-electron chi connectivity index (χ3n) is 4.14. The molecule has 0 saturated carbocycles. The zero-order valence-corrected chi connectivity index (χ0v) is 20.0. The molecule has 0 aliphatic carbocycles. The minimum Gasteiger partial charge on any atom is -0.497 e. The molecule has 2 rings (SSSR count). The molecule has 0 radical (unpaired) electrons. The Morgan fingerprint density at radius 1 is 1.06 bits per heavy atom. The number of rotatable bonds is 8. The first-order valence-corrected chi connectivity index (χ1v) is 10.6. The third kappa shape index (κ3) is 7.59. The molecular formula is C20H20Cl3N3O5S. The van der Waals surface area contributed by atoms with Gasteiger partial charge < -0.3 is 30.5 Å². The van der Waals surface area contributed by atoms with Gasteiger partial charge in [-0.15, -0.1) is 0 Å². The number of alkyl halides is 3. The van der Waals surface area contributed by atoms with Crippen LogP contribution in [-0.4, -0.2) is 46.3 Å². The molecule has 4 N–H and O–H groups in total. The summed E-state index contributed by atoms with van der Waals surface area (Å²) in [6.07, 6.45) is -1.22. The van der Waals surface area contributed by atoms with E-state index in [1.807, 2.05) is 0 Å². The lowest BCUT2D eigenvalue weighted by atomic mass is 10.1. The summed E-state index contributed by atoms with van der Waals surface area (Å²) >= 11 is 23.2. The van der Waals surface area contributed by atoms with Gasteiger partial charge >= 0.3 is 5.97 Å². The maximum atomic E-state index is 12.6. The van der Waals surface area contributed by atoms with Crippen LogP contribution in [0.4, 0.5) is 5.69 Å². The standard InChI is InChI=1S/C20H20Cl3N3O5S/c1-30-14-8-5-12(15(10-14)31-2)9-16(27)25-18(20(21,22)23)26-19(32)24-13-6-3-11(4-7-13)17(28)29/h3-8,10,18H,9H2,1-2H3,(H,25,27)(H,28,29)(H2,24,26,32). The molecule has 0 aliphatic heterocycles. The third-order valence-corrected chi connectivity index (χ3v) is 5.02. The van der Waals surface area contributed by atoms with Crippen molar-refractivity contribution < 1.29 is 24.2 Å². The van der Waals surface area contributed by atoms with Crippen LogP contribution in [0.15, 0.2) is 42.5 Å². The van der Waals surface area contributed by atoms with Crippen molar-refractivity contribution in [2.75, 3.05) is 19.5 Å². The van der Waals surface area contributed by atoms with Gasteiger partial charge in [0.1, 0.15) is 17.7 Å². The number of carboxylic acid groups (broad SMARTS) is 1. The molecule has 0 aromatic heterocycles. The number of methoxy groups -OCH3 is 2. The van der Waals surface area contributed by atoms with Gasteiger partial charge in [0.05, 0.1) is 26.2 Å². The van der Waals surface area contributed by atoms with Crippen LogP contribution in [0, 0.1) is 0 Å². The number of hydrogen-bond acceptors (Lipinski definition) is 5. The van der Waals surface area contributed by atoms with Crippen molar-refractivity contribution in [1.29, 1.82) is 0 Å². The highest BCUT2D eigenvalue weighted by Gasteiger charge is 2.34. The van der Waals surface area contributed by atoms with Crippen molar-refractivity contribution in [2.24, 2.45) is 0 Å². The average molecular weight is 521 g/mol. The molecule has 1 unspecified atom stereocenters. The summed E-state index contributed by atoms with van der Waals surface area (Å²) in [6, 6.07) is 10.9. The van der Waals surface area contributed by atoms with Gasteiger partial charge in [-0.25, -0.2) is 4.79 Å². The van der Waals surface area contributed by atoms with Crippen molar-refractivity contribution in [2.45, 2.75) is 16.4 Å². The monoisotopic (exact) mass is 519 g/mol. The molecular weight excluding hydrogens is 501 g/mol. The topological polar surface area (TPSA) is 109 Å². The second-order valence-corrected chi connectivity index (χ2v) is 9.15. The number of ether oxygens (including phenoxy) is 2. The molecule has 2 aromatic rings. The number of carbonyl (C=O) groups excluding carboxylic acids is 1. The number of carboxylic acids is 1. The molecule has 2 aromatic carbocycles. The number of halogens is 3. The van der Waals surface area contributed by atoms with E-state index in [2.05, 4.69) is 16.0 Å². The number of nitrogens with one attached hydrogen (secondary N) is 3. The fourth-order valence-corrected chi connectivity index (χ4v) is 3.14. The summed E-state index contributed by atoms with van der Waals surface area (Å²) in [5.41, 5.74) is 1.23. The molecule has 0 bridgehead atoms. The Hall–Kier alpha value is -2.46. The van der Waals surface area contributed by atoms with Crippen molar-refractivity contribution in [3.05, 3.63) is 53.6 Å². The minimum absolute atomic E-state index is 0.0479. The van der Waals surface area contributed by atoms with Crippen LogP contribution in [0.25, 0.3) is 0 Å². The van der Waals surface area contributed by atoms with Crippen molar-refractivity contribution in [3.8, 4) is 11.5 Å². The van der Waals surface area contributed by atoms with Gasteiger partial charge in [-0.1, -0.05) is 40.9 Å². The number of thiocarbonyl (C=S) groups is 1. The predicted octanol–water partition coefficient (Wildman–Crippen LogP) is 3.74. The van der Waals surface area contributed by atoms with Gasteiger partial charge in [0.15, 0.2) is 5.11 Å². The number of aromatic carboxylic acids is 1. The largest absolute Gasteiger partial charge is 0.497 e. The van der Waals surface area contributed by atoms with E-state index in [9.17, 15) is 9.59 Å². The molecule has 12 heteroatoms. The minimum atomic E-state index is -1.93. The zero-order chi connectivity index (χ0) is 23.9. The van der Waals surface area contributed by atoms with Crippen LogP contribution in [0.3, 0.4) is 0 Å². The molecule has 8 nitrogen and oxygen atoms in total. The second-order valence-electron chi connectivity index (χ2n) is 6.38. The van der Waals surface area contributed by atoms with E-state index >= 15 is 0 Å². The highest BCUT2D eigenvalue weighted by molar-refractivity contribution is 7.80. The smallest absolute Gasteiger partial charge is 0.335 e. The summed E-state index contributed by atoms with van der Waals surface area (Å²) < 4.78 is 8.51. The Bertz CT molecular complexity index is 983. The Balaban J connectivity index is 2.04. The first kappa shape index (κ1) is 25.8. The van der Waals surface area contributed by atoms with Crippen LogP contribution in [0.2, 0.25) is 0 Å². The summed E-state index contributed by atoms with van der Waals surface area (Å²) in [4.78, 5) is 23.5. The highest BCUT2D eigenvalue weighted by atomic mass is 35.6. The van der Waals surface area contributed by atoms with Gasteiger partial charge in [0, 0.05) is 17.3 Å². The first-order valence-electron chi connectivity index (χ1n) is 9.01. The molecule has 32 heavy (non-hydrogen) atoms. The number of amides is 1. The lowest BCUT2D eigenvalue weighted by Crippen LogP contribution is -2.56. The molecule has 1 atom stereocenters. The Kier molecular flexibility index (Phi) is 9.21. The summed E-state index contributed by atoms with van der Waals surface area (Å²) in [6.45, 7) is 0. The van der Waals surface area contributed by atoms with E-state index in [1.54, 1.807) is 18.2 Å². The van der Waals surface area contributed by atoms with Gasteiger partial charge in [0.2, 0.25) is 9.70 Å². The zero-order valence-electron chi connectivity index (χ0n) is 16.9. The Morgan fingerprint density at radius 3 is 2.25 bits per heavy atom. The molecule has 0 fully saturated rings. The van der Waals surface area contributed by atoms with E-state index in [0.717, 1.165) is 0 Å². The van der Waals surface area contributed by atoms with E-state index < -0.39 is 21.8 Å². The lowest BCUT2D eigenvalue weighted by molar-refractivity contribution is -0.121. The molecule has 1 amide bonds. The van der Waals surface area contributed by atoms with Crippen LogP contribution >= 0.6 is 47.0 Å². The summed E-state index contributed by atoms with van der Waals surface area (Å²) in [7, 11) is 3.00. The molecule has 172 valence electrons. The van der Waals surface area contributed by atoms with Crippen LogP contribution in [0.5, 0.6) is 11.5 Å². The van der Waals surface area contributed by atoms with Crippen LogP contribution in [-0.2, 0) is 11.2 Å². The predicted molar refractivity (Wildman–Crippen MR) is 128 cm³/mol. The molecule has 0 heterocycles. The maximum Gasteiger partial charge on any atom is 0.335 e. The van der Waals surface area contributed by atoms with E-state index in [1.165, 1.54) is 38.5 Å².